The lowest BCUT2D eigenvalue weighted by Crippen LogP contribution is -2.32. The standard InChI is InChI=1S/C16H24N2O3/c1-4-11-21-16(20)13-7-9-14(10-8-13)17-15(19)12-18(5-2)6-3/h7-10H,4-6,11-12H2,1-3H3,(H,17,19). The third-order valence-corrected chi connectivity index (χ3v) is 3.10. The van der Waals surface area contributed by atoms with Crippen molar-refractivity contribution in [3.63, 3.8) is 0 Å². The maximum atomic E-state index is 11.9. The van der Waals surface area contributed by atoms with Crippen molar-refractivity contribution in [2.45, 2.75) is 27.2 Å². The molecule has 0 unspecified atom stereocenters. The van der Waals surface area contributed by atoms with E-state index < -0.39 is 0 Å². The van der Waals surface area contributed by atoms with Crippen LogP contribution < -0.4 is 5.32 Å². The van der Waals surface area contributed by atoms with Crippen molar-refractivity contribution < 1.29 is 14.3 Å². The number of rotatable bonds is 8. The third-order valence-electron chi connectivity index (χ3n) is 3.10. The number of anilines is 1. The number of nitrogens with zero attached hydrogens (tertiary/aromatic N) is 1. The van der Waals surface area contributed by atoms with Crippen LogP contribution in [0.4, 0.5) is 5.69 Å². The van der Waals surface area contributed by atoms with Gasteiger partial charge < -0.3 is 10.1 Å². The second-order valence-corrected chi connectivity index (χ2v) is 4.72. The number of hydrogen-bond donors (Lipinski definition) is 1. The first-order valence-corrected chi connectivity index (χ1v) is 7.40. The van der Waals surface area contributed by atoms with E-state index in [0.717, 1.165) is 19.5 Å². The molecule has 1 aromatic carbocycles. The maximum Gasteiger partial charge on any atom is 0.338 e. The van der Waals surface area contributed by atoms with E-state index >= 15 is 0 Å². The third kappa shape index (κ3) is 5.95. The van der Waals surface area contributed by atoms with Crippen LogP contribution in [0, 0.1) is 0 Å². The van der Waals surface area contributed by atoms with E-state index in [0.29, 0.717) is 24.4 Å². The summed E-state index contributed by atoms with van der Waals surface area (Å²) in [7, 11) is 0. The lowest BCUT2D eigenvalue weighted by molar-refractivity contribution is -0.117. The maximum absolute atomic E-state index is 11.9. The van der Waals surface area contributed by atoms with E-state index in [1.54, 1.807) is 24.3 Å². The van der Waals surface area contributed by atoms with E-state index in [1.807, 2.05) is 25.7 Å². The molecule has 0 saturated carbocycles. The zero-order chi connectivity index (χ0) is 15.7. The van der Waals surface area contributed by atoms with Crippen LogP contribution in [-0.2, 0) is 9.53 Å². The minimum Gasteiger partial charge on any atom is -0.462 e. The Bertz CT molecular complexity index is 453. The Kier molecular flexibility index (Phi) is 7.46. The first-order valence-electron chi connectivity index (χ1n) is 7.40. The van der Waals surface area contributed by atoms with Crippen LogP contribution in [0.3, 0.4) is 0 Å². The molecule has 0 saturated heterocycles. The van der Waals surface area contributed by atoms with Gasteiger partial charge in [0.15, 0.2) is 0 Å². The summed E-state index contributed by atoms with van der Waals surface area (Å²) < 4.78 is 5.05. The number of nitrogens with one attached hydrogen (secondary N) is 1. The summed E-state index contributed by atoms with van der Waals surface area (Å²) in [5.41, 5.74) is 1.17. The highest BCUT2D eigenvalue weighted by Gasteiger charge is 2.09. The van der Waals surface area contributed by atoms with Gasteiger partial charge in [-0.15, -0.1) is 0 Å². The van der Waals surface area contributed by atoms with Gasteiger partial charge >= 0.3 is 5.97 Å². The molecule has 0 atom stereocenters. The topological polar surface area (TPSA) is 58.6 Å². The molecule has 0 aliphatic rings. The van der Waals surface area contributed by atoms with E-state index in [2.05, 4.69) is 5.32 Å². The molecule has 116 valence electrons. The second-order valence-electron chi connectivity index (χ2n) is 4.72. The number of amides is 1. The Morgan fingerprint density at radius 1 is 1.10 bits per heavy atom. The van der Waals surface area contributed by atoms with Gasteiger partial charge in [0.05, 0.1) is 18.7 Å². The summed E-state index contributed by atoms with van der Waals surface area (Å²) in [5, 5.41) is 2.82. The Balaban J connectivity index is 2.54. The van der Waals surface area contributed by atoms with Gasteiger partial charge in [-0.2, -0.15) is 0 Å². The summed E-state index contributed by atoms with van der Waals surface area (Å²) in [4.78, 5) is 25.5. The molecule has 0 bridgehead atoms. The van der Waals surface area contributed by atoms with E-state index in [9.17, 15) is 9.59 Å². The van der Waals surface area contributed by atoms with Crippen LogP contribution in [0.15, 0.2) is 24.3 Å². The van der Waals surface area contributed by atoms with Gasteiger partial charge in [0.25, 0.3) is 0 Å². The molecular formula is C16H24N2O3. The Morgan fingerprint density at radius 2 is 1.71 bits per heavy atom. The van der Waals surface area contributed by atoms with Crippen LogP contribution in [-0.4, -0.2) is 43.0 Å². The highest BCUT2D eigenvalue weighted by molar-refractivity contribution is 5.94. The van der Waals surface area contributed by atoms with Crippen LogP contribution in [0.25, 0.3) is 0 Å². The number of carbonyl (C=O) groups excluding carboxylic acids is 2. The number of hydrogen-bond acceptors (Lipinski definition) is 4. The molecule has 0 spiro atoms. The summed E-state index contributed by atoms with van der Waals surface area (Å²) in [5.74, 6) is -0.391. The molecule has 0 aromatic heterocycles. The largest absolute Gasteiger partial charge is 0.462 e. The molecule has 1 amide bonds. The Hall–Kier alpha value is -1.88. The van der Waals surface area contributed by atoms with Gasteiger partial charge in [-0.25, -0.2) is 4.79 Å². The van der Waals surface area contributed by atoms with Crippen LogP contribution in [0.5, 0.6) is 0 Å². The summed E-state index contributed by atoms with van der Waals surface area (Å²) in [6.07, 6.45) is 0.797. The second kappa shape index (κ2) is 9.13. The molecule has 0 heterocycles. The monoisotopic (exact) mass is 292 g/mol. The van der Waals surface area contributed by atoms with Gasteiger partial charge in [-0.1, -0.05) is 20.8 Å². The summed E-state index contributed by atoms with van der Waals surface area (Å²) in [6.45, 7) is 8.45. The molecular weight excluding hydrogens is 268 g/mol. The van der Waals surface area contributed by atoms with E-state index in [4.69, 9.17) is 4.74 Å². The predicted molar refractivity (Wildman–Crippen MR) is 83.4 cm³/mol. The summed E-state index contributed by atoms with van der Waals surface area (Å²) in [6, 6.07) is 6.74. The molecule has 0 fully saturated rings. The highest BCUT2D eigenvalue weighted by atomic mass is 16.5. The number of ether oxygens (including phenoxy) is 1. The van der Waals surface area contributed by atoms with Crippen LogP contribution in [0.1, 0.15) is 37.6 Å². The number of esters is 1. The lowest BCUT2D eigenvalue weighted by Gasteiger charge is -2.17. The fourth-order valence-corrected chi connectivity index (χ4v) is 1.82. The van der Waals surface area contributed by atoms with Crippen LogP contribution in [0.2, 0.25) is 0 Å². The van der Waals surface area contributed by atoms with Crippen molar-refractivity contribution in [2.24, 2.45) is 0 Å². The predicted octanol–water partition coefficient (Wildman–Crippen LogP) is 2.53. The zero-order valence-corrected chi connectivity index (χ0v) is 13.0. The molecule has 5 nitrogen and oxygen atoms in total. The van der Waals surface area contributed by atoms with Gasteiger partial charge in [0, 0.05) is 5.69 Å². The van der Waals surface area contributed by atoms with Gasteiger partial charge in [0.2, 0.25) is 5.91 Å². The average molecular weight is 292 g/mol. The fraction of sp³-hybridized carbons (Fsp3) is 0.500. The van der Waals surface area contributed by atoms with Crippen molar-refractivity contribution in [1.29, 1.82) is 0 Å². The van der Waals surface area contributed by atoms with Crippen molar-refractivity contribution in [2.75, 3.05) is 31.6 Å². The van der Waals surface area contributed by atoms with E-state index in [-0.39, 0.29) is 11.9 Å². The van der Waals surface area contributed by atoms with Crippen molar-refractivity contribution in [3.05, 3.63) is 29.8 Å². The number of likely N-dealkylation sites (N-methyl/N-ethyl adjacent to an activating group) is 1. The molecule has 21 heavy (non-hydrogen) atoms. The highest BCUT2D eigenvalue weighted by Crippen LogP contribution is 2.11. The first-order chi connectivity index (χ1) is 10.1. The number of benzene rings is 1. The van der Waals surface area contributed by atoms with Crippen LogP contribution >= 0.6 is 0 Å². The van der Waals surface area contributed by atoms with Gasteiger partial charge in [-0.05, 0) is 43.8 Å². The molecule has 1 N–H and O–H groups in total. The lowest BCUT2D eigenvalue weighted by atomic mass is 10.2. The summed E-state index contributed by atoms with van der Waals surface area (Å²) >= 11 is 0. The fourth-order valence-electron chi connectivity index (χ4n) is 1.82. The molecule has 0 radical (unpaired) electrons. The molecule has 0 aliphatic heterocycles. The molecule has 1 aromatic rings. The minimum atomic E-state index is -0.335. The smallest absolute Gasteiger partial charge is 0.338 e. The minimum absolute atomic E-state index is 0.0555. The quantitative estimate of drug-likeness (QED) is 0.748. The number of carbonyl (C=O) groups is 2. The van der Waals surface area contributed by atoms with E-state index in [1.165, 1.54) is 0 Å². The SMILES string of the molecule is CCCOC(=O)c1ccc(NC(=O)CN(CC)CC)cc1. The molecule has 0 aliphatic carbocycles. The van der Waals surface area contributed by atoms with Crippen molar-refractivity contribution in [3.8, 4) is 0 Å². The average Bonchev–Trinajstić information content (AvgIpc) is 2.50. The van der Waals surface area contributed by atoms with Crippen molar-refractivity contribution >= 4 is 17.6 Å². The van der Waals surface area contributed by atoms with Gasteiger partial charge in [-0.3, -0.25) is 9.69 Å². The first kappa shape index (κ1) is 17.2. The Labute approximate surface area is 126 Å². The molecule has 1 rings (SSSR count). The normalized spacial score (nSPS) is 10.5. The zero-order valence-electron chi connectivity index (χ0n) is 13.0. The van der Waals surface area contributed by atoms with Crippen molar-refractivity contribution in [1.82, 2.24) is 4.90 Å². The van der Waals surface area contributed by atoms with Gasteiger partial charge in [0.1, 0.15) is 0 Å². The Morgan fingerprint density at radius 3 is 2.24 bits per heavy atom. The molecule has 5 heteroatoms.